The lowest BCUT2D eigenvalue weighted by Gasteiger charge is -2.19. The van der Waals surface area contributed by atoms with Gasteiger partial charge in [0.1, 0.15) is 0 Å². The van der Waals surface area contributed by atoms with Crippen molar-refractivity contribution >= 4 is 48.9 Å². The SMILES string of the molecule is O=C(N[C@@H]1CS(=O)(=O)C[C@H]1Cl)N[C@@H]1CS(=O)(=O)C[C@@H]1Cl. The molecule has 11 heteroatoms. The second-order valence-corrected chi connectivity index (χ2v) is 10.4. The van der Waals surface area contributed by atoms with Gasteiger partial charge < -0.3 is 10.6 Å². The van der Waals surface area contributed by atoms with Crippen molar-refractivity contribution in [3.05, 3.63) is 0 Å². The molecular weight excluding hydrogens is 351 g/mol. The van der Waals surface area contributed by atoms with E-state index < -0.39 is 48.5 Å². The highest BCUT2D eigenvalue weighted by Gasteiger charge is 2.40. The summed E-state index contributed by atoms with van der Waals surface area (Å²) in [5, 5.41) is 3.51. The van der Waals surface area contributed by atoms with E-state index in [2.05, 4.69) is 10.6 Å². The van der Waals surface area contributed by atoms with E-state index in [-0.39, 0.29) is 23.0 Å². The number of halogens is 2. The summed E-state index contributed by atoms with van der Waals surface area (Å²) in [6.07, 6.45) is 0. The summed E-state index contributed by atoms with van der Waals surface area (Å²) in [6.45, 7) is 0. The normalized spacial score (nSPS) is 38.5. The molecule has 2 aliphatic heterocycles. The van der Waals surface area contributed by atoms with Crippen molar-refractivity contribution < 1.29 is 21.6 Å². The summed E-state index contributed by atoms with van der Waals surface area (Å²) < 4.78 is 45.4. The third kappa shape index (κ3) is 3.90. The van der Waals surface area contributed by atoms with Gasteiger partial charge in [0.05, 0.1) is 45.8 Å². The first-order valence-electron chi connectivity index (χ1n) is 5.84. The van der Waals surface area contributed by atoms with Crippen LogP contribution in [0.5, 0.6) is 0 Å². The fourth-order valence-corrected chi connectivity index (χ4v) is 7.35. The molecule has 7 nitrogen and oxygen atoms in total. The smallest absolute Gasteiger partial charge is 0.315 e. The van der Waals surface area contributed by atoms with E-state index in [1.165, 1.54) is 0 Å². The lowest BCUT2D eigenvalue weighted by atomic mass is 10.2. The molecule has 2 rings (SSSR count). The quantitative estimate of drug-likeness (QED) is 0.616. The van der Waals surface area contributed by atoms with Gasteiger partial charge in [-0.3, -0.25) is 0 Å². The van der Waals surface area contributed by atoms with E-state index in [0.717, 1.165) is 0 Å². The summed E-state index contributed by atoms with van der Waals surface area (Å²) in [4.78, 5) is 11.7. The van der Waals surface area contributed by atoms with Gasteiger partial charge in [-0.2, -0.15) is 0 Å². The third-order valence-corrected chi connectivity index (χ3v) is 7.95. The Morgan fingerprint density at radius 3 is 1.40 bits per heavy atom. The van der Waals surface area contributed by atoms with E-state index in [4.69, 9.17) is 23.2 Å². The van der Waals surface area contributed by atoms with Gasteiger partial charge in [0.25, 0.3) is 0 Å². The molecule has 0 aromatic rings. The Morgan fingerprint density at radius 2 is 1.15 bits per heavy atom. The van der Waals surface area contributed by atoms with Crippen molar-refractivity contribution in [2.45, 2.75) is 22.8 Å². The van der Waals surface area contributed by atoms with Gasteiger partial charge in [-0.05, 0) is 0 Å². The number of carbonyl (C=O) groups is 1. The lowest BCUT2D eigenvalue weighted by molar-refractivity contribution is 0.235. The van der Waals surface area contributed by atoms with Crippen LogP contribution in [0, 0.1) is 0 Å². The molecule has 0 aliphatic carbocycles. The molecule has 2 amide bonds. The largest absolute Gasteiger partial charge is 0.333 e. The highest BCUT2D eigenvalue weighted by molar-refractivity contribution is 7.92. The van der Waals surface area contributed by atoms with Crippen LogP contribution in [0.1, 0.15) is 0 Å². The van der Waals surface area contributed by atoms with Crippen LogP contribution in [0.25, 0.3) is 0 Å². The Bertz CT molecular complexity index is 554. The predicted molar refractivity (Wildman–Crippen MR) is 75.8 cm³/mol. The zero-order chi connectivity index (χ0) is 15.1. The maximum Gasteiger partial charge on any atom is 0.315 e. The number of nitrogens with one attached hydrogen (secondary N) is 2. The molecule has 0 saturated carbocycles. The minimum atomic E-state index is -3.24. The summed E-state index contributed by atoms with van der Waals surface area (Å²) in [5.74, 6) is -0.811. The Labute approximate surface area is 127 Å². The Hall–Kier alpha value is -0.250. The van der Waals surface area contributed by atoms with Crippen LogP contribution in [0.15, 0.2) is 0 Å². The fraction of sp³-hybridized carbons (Fsp3) is 0.889. The zero-order valence-electron chi connectivity index (χ0n) is 10.3. The molecule has 2 N–H and O–H groups in total. The van der Waals surface area contributed by atoms with Crippen molar-refractivity contribution in [3.8, 4) is 0 Å². The standard InChI is InChI=1S/C9H14Cl2N2O5S2/c10-5-1-19(15,16)3-7(5)12-9(14)13-8-4-20(17,18)2-6(8)11/h5-8H,1-4H2,(H2,12,13,14)/t5-,6+,7-,8-/m1/s1. The van der Waals surface area contributed by atoms with Crippen molar-refractivity contribution in [1.82, 2.24) is 10.6 Å². The van der Waals surface area contributed by atoms with E-state index in [9.17, 15) is 21.6 Å². The number of carbonyl (C=O) groups excluding carboxylic acids is 1. The highest BCUT2D eigenvalue weighted by Crippen LogP contribution is 2.19. The number of rotatable bonds is 2. The van der Waals surface area contributed by atoms with E-state index in [1.807, 2.05) is 0 Å². The molecule has 0 bridgehead atoms. The molecule has 2 heterocycles. The molecule has 0 radical (unpaired) electrons. The number of amides is 2. The second-order valence-electron chi connectivity index (χ2n) is 5.02. The van der Waals surface area contributed by atoms with Gasteiger partial charge in [-0.15, -0.1) is 23.2 Å². The van der Waals surface area contributed by atoms with Crippen LogP contribution in [-0.2, 0) is 19.7 Å². The van der Waals surface area contributed by atoms with Gasteiger partial charge in [-0.25, -0.2) is 21.6 Å². The van der Waals surface area contributed by atoms with Crippen molar-refractivity contribution in [2.24, 2.45) is 0 Å². The number of sulfone groups is 2. The van der Waals surface area contributed by atoms with Crippen molar-refractivity contribution in [1.29, 1.82) is 0 Å². The molecule has 20 heavy (non-hydrogen) atoms. The number of hydrogen-bond acceptors (Lipinski definition) is 5. The van der Waals surface area contributed by atoms with E-state index >= 15 is 0 Å². The summed E-state index contributed by atoms with van der Waals surface area (Å²) in [7, 11) is -6.49. The topological polar surface area (TPSA) is 109 Å². The van der Waals surface area contributed by atoms with Crippen LogP contribution in [0.4, 0.5) is 4.79 Å². The molecule has 2 saturated heterocycles. The first kappa shape index (κ1) is 16.1. The van der Waals surface area contributed by atoms with Crippen molar-refractivity contribution in [2.75, 3.05) is 23.0 Å². The van der Waals surface area contributed by atoms with Gasteiger partial charge in [0, 0.05) is 0 Å². The van der Waals surface area contributed by atoms with Crippen molar-refractivity contribution in [3.63, 3.8) is 0 Å². The average Bonchev–Trinajstić information content (AvgIpc) is 2.62. The molecular formula is C9H14Cl2N2O5S2. The van der Waals surface area contributed by atoms with E-state index in [1.54, 1.807) is 0 Å². The van der Waals surface area contributed by atoms with Gasteiger partial charge in [-0.1, -0.05) is 0 Å². The van der Waals surface area contributed by atoms with Crippen LogP contribution < -0.4 is 10.6 Å². The molecule has 0 spiro atoms. The number of hydrogen-bond donors (Lipinski definition) is 2. The highest BCUT2D eigenvalue weighted by atomic mass is 35.5. The molecule has 0 aromatic carbocycles. The number of urea groups is 1. The maximum atomic E-state index is 11.7. The lowest BCUT2D eigenvalue weighted by Crippen LogP contribution is -2.51. The van der Waals surface area contributed by atoms with Gasteiger partial charge in [0.15, 0.2) is 19.7 Å². The summed E-state index contributed by atoms with van der Waals surface area (Å²) >= 11 is 11.7. The van der Waals surface area contributed by atoms with Crippen LogP contribution in [0.3, 0.4) is 0 Å². The first-order valence-corrected chi connectivity index (χ1v) is 10.4. The van der Waals surface area contributed by atoms with Gasteiger partial charge in [0.2, 0.25) is 0 Å². The summed E-state index contributed by atoms with van der Waals surface area (Å²) in [6, 6.07) is -2.03. The number of alkyl halides is 2. The first-order chi connectivity index (χ1) is 9.08. The molecule has 4 atom stereocenters. The van der Waals surface area contributed by atoms with Crippen LogP contribution in [0.2, 0.25) is 0 Å². The van der Waals surface area contributed by atoms with Gasteiger partial charge >= 0.3 is 6.03 Å². The van der Waals surface area contributed by atoms with E-state index in [0.29, 0.717) is 0 Å². The zero-order valence-corrected chi connectivity index (χ0v) is 13.4. The minimum Gasteiger partial charge on any atom is -0.333 e. The third-order valence-electron chi connectivity index (χ3n) is 3.20. The Morgan fingerprint density at radius 1 is 0.800 bits per heavy atom. The molecule has 2 aliphatic rings. The monoisotopic (exact) mass is 364 g/mol. The summed E-state index contributed by atoms with van der Waals surface area (Å²) in [5.41, 5.74) is 0. The fourth-order valence-electron chi connectivity index (χ4n) is 2.25. The Balaban J connectivity index is 1.91. The Kier molecular flexibility index (Phi) is 4.44. The minimum absolute atomic E-state index is 0.185. The molecule has 0 aromatic heterocycles. The van der Waals surface area contributed by atoms with Crippen LogP contribution in [-0.4, -0.2) is 68.7 Å². The average molecular weight is 365 g/mol. The molecule has 2 fully saturated rings. The molecule has 116 valence electrons. The maximum absolute atomic E-state index is 11.7. The molecule has 0 unspecified atom stereocenters. The predicted octanol–water partition coefficient (Wildman–Crippen LogP) is -0.906. The van der Waals surface area contributed by atoms with Crippen LogP contribution >= 0.6 is 23.2 Å². The second kappa shape index (κ2) is 5.51.